The molecule has 12 nitrogen and oxygen atoms in total. The summed E-state index contributed by atoms with van der Waals surface area (Å²) in [6.45, 7) is 5.93. The molecule has 0 bridgehead atoms. The van der Waals surface area contributed by atoms with Crippen molar-refractivity contribution in [1.82, 2.24) is 5.32 Å². The van der Waals surface area contributed by atoms with Crippen LogP contribution in [-0.2, 0) is 4.79 Å². The molecule has 2 aromatic carbocycles. The third-order valence-corrected chi connectivity index (χ3v) is 5.94. The highest BCUT2D eigenvalue weighted by Crippen LogP contribution is 2.17. The van der Waals surface area contributed by atoms with Gasteiger partial charge in [-0.25, -0.2) is 9.59 Å². The third-order valence-electron chi connectivity index (χ3n) is 5.94. The lowest BCUT2D eigenvalue weighted by molar-refractivity contribution is -0.385. The van der Waals surface area contributed by atoms with Gasteiger partial charge >= 0.3 is 6.03 Å². The highest BCUT2D eigenvalue weighted by atomic mass is 19.1. The van der Waals surface area contributed by atoms with Gasteiger partial charge in [0.2, 0.25) is 6.08 Å². The number of isocyanates is 1. The van der Waals surface area contributed by atoms with Crippen molar-refractivity contribution in [2.24, 2.45) is 10.7 Å². The van der Waals surface area contributed by atoms with Crippen LogP contribution in [0.2, 0.25) is 0 Å². The van der Waals surface area contributed by atoms with E-state index in [2.05, 4.69) is 29.5 Å². The van der Waals surface area contributed by atoms with E-state index in [9.17, 15) is 34.2 Å². The molecule has 2 amide bonds. The molecule has 13 heteroatoms. The smallest absolute Gasteiger partial charge is 0.319 e. The molecule has 0 saturated carbocycles. The lowest BCUT2D eigenvalue weighted by atomic mass is 10.1. The average molecular weight is 622 g/mol. The second-order valence-corrected chi connectivity index (χ2v) is 9.49. The maximum absolute atomic E-state index is 11.6. The Bertz CT molecular complexity index is 1060. The molecule has 0 saturated heterocycles. The average Bonchev–Trinajstić information content (AvgIpc) is 3.02. The van der Waals surface area contributed by atoms with Crippen LogP contribution < -0.4 is 16.4 Å². The van der Waals surface area contributed by atoms with Crippen LogP contribution in [0.5, 0.6) is 0 Å². The van der Waals surface area contributed by atoms with Crippen LogP contribution in [0.1, 0.15) is 92.3 Å². The van der Waals surface area contributed by atoms with Gasteiger partial charge in [-0.3, -0.25) is 24.6 Å². The molecule has 0 aliphatic carbocycles. The van der Waals surface area contributed by atoms with E-state index < -0.39 is 17.0 Å². The molecule has 0 atom stereocenters. The number of nitro benzene ring substituents is 2. The molecule has 2 rings (SSSR count). The maximum Gasteiger partial charge on any atom is 0.319 e. The zero-order chi connectivity index (χ0) is 34.1. The number of nitro groups is 2. The number of carbonyl (C=O) groups excluding carboxylic acids is 2. The van der Waals surface area contributed by atoms with Crippen LogP contribution in [0, 0.1) is 20.2 Å². The number of nitrogens with zero attached hydrogens (tertiary/aromatic N) is 3. The van der Waals surface area contributed by atoms with E-state index in [1.807, 2.05) is 0 Å². The van der Waals surface area contributed by atoms with Crippen molar-refractivity contribution in [2.75, 3.05) is 25.6 Å². The predicted molar refractivity (Wildman–Crippen MR) is 174 cm³/mol. The van der Waals surface area contributed by atoms with Crippen LogP contribution in [0.4, 0.5) is 31.9 Å². The normalized spacial score (nSPS) is 9.68. The molecule has 0 radical (unpaired) electrons. The van der Waals surface area contributed by atoms with Gasteiger partial charge in [-0.05, 0) is 43.7 Å². The van der Waals surface area contributed by atoms with E-state index in [0.29, 0.717) is 17.9 Å². The lowest BCUT2D eigenvalue weighted by Crippen LogP contribution is -2.29. The number of nitrogens with two attached hydrogens (primary N) is 1. The molecule has 44 heavy (non-hydrogen) atoms. The largest absolute Gasteiger partial charge is 0.338 e. The van der Waals surface area contributed by atoms with Crippen molar-refractivity contribution in [3.63, 3.8) is 0 Å². The monoisotopic (exact) mass is 621 g/mol. The first kappa shape index (κ1) is 39.8. The minimum Gasteiger partial charge on any atom is -0.338 e. The summed E-state index contributed by atoms with van der Waals surface area (Å²) in [5.41, 5.74) is 6.22. The Morgan fingerprint density at radius 3 is 1.70 bits per heavy atom. The molecule has 246 valence electrons. The van der Waals surface area contributed by atoms with Gasteiger partial charge in [-0.1, -0.05) is 78.1 Å². The Morgan fingerprint density at radius 1 is 0.841 bits per heavy atom. The number of rotatable bonds is 17. The molecule has 0 aliphatic rings. The summed E-state index contributed by atoms with van der Waals surface area (Å²) in [4.78, 5) is 44.3. The number of unbranched alkanes of at least 4 members (excludes halogenated alkanes) is 10. The fourth-order valence-corrected chi connectivity index (χ4v) is 3.58. The van der Waals surface area contributed by atoms with E-state index in [4.69, 9.17) is 7.10 Å². The fourth-order valence-electron chi connectivity index (χ4n) is 3.58. The molecular formula is C31H49FN6O6. The number of halogens is 1. The first-order chi connectivity index (χ1) is 21.7. The van der Waals surface area contributed by atoms with Gasteiger partial charge in [0.15, 0.2) is 0 Å². The first-order valence-corrected chi connectivity index (χ1v) is 14.9. The minimum absolute atomic E-state index is 0.00744. The van der Waals surface area contributed by atoms with Crippen LogP contribution >= 0.6 is 0 Å². The van der Waals surface area contributed by atoms with E-state index >= 15 is 0 Å². The quantitative estimate of drug-likeness (QED) is 0.0519. The zero-order valence-electron chi connectivity index (χ0n) is 27.0. The molecule has 0 unspecified atom stereocenters. The number of nitrogens with one attached hydrogen (secondary N) is 2. The van der Waals surface area contributed by atoms with Crippen molar-refractivity contribution in [1.29, 1.82) is 0 Å². The Kier molecular flexibility index (Phi) is 27.3. The first-order valence-electron chi connectivity index (χ1n) is 15.6. The summed E-state index contributed by atoms with van der Waals surface area (Å²) < 4.78 is 15.5. The number of alkyl halides is 1. The molecule has 0 aliphatic heterocycles. The van der Waals surface area contributed by atoms with Crippen molar-refractivity contribution in [3.8, 4) is 0 Å². The second kappa shape index (κ2) is 30.2. The SMILES string of the molecule is CCCCCCCCN.CCCCCCCCNC(=O)Nc1ccc([N+](=O)[O-])cc1.O=C=Nc1ccc([N+](=O)[O-])cc1.[2H]CF. The van der Waals surface area contributed by atoms with Crippen molar-refractivity contribution in [3.05, 3.63) is 68.8 Å². The van der Waals surface area contributed by atoms with E-state index in [0.717, 1.165) is 19.4 Å². The lowest BCUT2D eigenvalue weighted by Gasteiger charge is -2.07. The highest BCUT2D eigenvalue weighted by molar-refractivity contribution is 5.89. The van der Waals surface area contributed by atoms with Gasteiger partial charge in [0.05, 0.1) is 24.1 Å². The van der Waals surface area contributed by atoms with Gasteiger partial charge in [-0.2, -0.15) is 4.99 Å². The summed E-state index contributed by atoms with van der Waals surface area (Å²) in [7, 11) is -1.00. The molecular weight excluding hydrogens is 571 g/mol. The number of aliphatic imine (C=N–C) groups is 1. The molecule has 0 spiro atoms. The number of benzene rings is 2. The molecule has 0 fully saturated rings. The molecule has 2 aromatic rings. The number of non-ortho nitro benzene ring substituents is 2. The van der Waals surface area contributed by atoms with Gasteiger partial charge in [-0.15, -0.1) is 0 Å². The molecule has 0 heterocycles. The zero-order valence-corrected chi connectivity index (χ0v) is 26.0. The Balaban J connectivity index is 0. The molecule has 4 N–H and O–H groups in total. The van der Waals surface area contributed by atoms with Crippen LogP contribution in [0.3, 0.4) is 0 Å². The standard InChI is InChI=1S/C15H23N3O3.C8H19N.C7H4N2O3.CH3F/c1-2-3-4-5-6-7-12-16-15(19)17-13-8-10-14(11-9-13)18(20)21;1-2-3-4-5-6-7-8-9;10-5-8-6-1-3-7(4-2-6)9(11)12;1-2/h8-11H,2-7,12H2,1H3,(H2,16,17,19);2-9H2,1H3;1-4H;1H3/i;;;1D. The third kappa shape index (κ3) is 24.4. The Hall–Kier alpha value is -4.22. The van der Waals surface area contributed by atoms with E-state index in [-0.39, 0.29) is 17.4 Å². The van der Waals surface area contributed by atoms with Crippen LogP contribution in [0.15, 0.2) is 53.5 Å². The Morgan fingerprint density at radius 2 is 1.27 bits per heavy atom. The number of amides is 2. The summed E-state index contributed by atoms with van der Waals surface area (Å²) in [6.07, 6.45) is 16.4. The van der Waals surface area contributed by atoms with E-state index in [1.165, 1.54) is 119 Å². The summed E-state index contributed by atoms with van der Waals surface area (Å²) in [5, 5.41) is 26.1. The van der Waals surface area contributed by atoms with Gasteiger partial charge in [0.25, 0.3) is 11.4 Å². The van der Waals surface area contributed by atoms with Gasteiger partial charge in [0, 0.05) is 36.5 Å². The molecule has 0 aromatic heterocycles. The van der Waals surface area contributed by atoms with Gasteiger partial charge < -0.3 is 16.4 Å². The van der Waals surface area contributed by atoms with Crippen molar-refractivity contribution >= 4 is 34.9 Å². The highest BCUT2D eigenvalue weighted by Gasteiger charge is 2.06. The summed E-state index contributed by atoms with van der Waals surface area (Å²) in [6, 6.07) is 10.8. The van der Waals surface area contributed by atoms with Crippen molar-refractivity contribution in [2.45, 2.75) is 90.9 Å². The van der Waals surface area contributed by atoms with Crippen LogP contribution in [-0.4, -0.2) is 42.2 Å². The second-order valence-electron chi connectivity index (χ2n) is 9.49. The Labute approximate surface area is 261 Å². The number of urea groups is 1. The number of carbonyl (C=O) groups is 1. The topological polar surface area (TPSA) is 183 Å². The van der Waals surface area contributed by atoms with Crippen LogP contribution in [0.25, 0.3) is 0 Å². The fraction of sp³-hybridized carbons (Fsp3) is 0.548. The summed E-state index contributed by atoms with van der Waals surface area (Å²) in [5.74, 6) is 0. The van der Waals surface area contributed by atoms with Crippen molar-refractivity contribution < 1.29 is 25.2 Å². The number of hydrogen-bond acceptors (Lipinski definition) is 8. The van der Waals surface area contributed by atoms with E-state index in [1.54, 1.807) is 0 Å². The summed E-state index contributed by atoms with van der Waals surface area (Å²) >= 11 is 0. The van der Waals surface area contributed by atoms with Gasteiger partial charge in [0.1, 0.15) is 0 Å². The number of hydrogen-bond donors (Lipinski definition) is 3. The predicted octanol–water partition coefficient (Wildman–Crippen LogP) is 8.53. The number of anilines is 1. The minimum atomic E-state index is -1.00. The maximum atomic E-state index is 11.6.